The molecule has 2 aromatic carbocycles. The van der Waals surface area contributed by atoms with E-state index in [1.54, 1.807) is 36.4 Å². The van der Waals surface area contributed by atoms with Crippen LogP contribution in [0.1, 0.15) is 16.1 Å². The Labute approximate surface area is 166 Å². The lowest BCUT2D eigenvalue weighted by atomic mass is 10.2. The summed E-state index contributed by atoms with van der Waals surface area (Å²) in [7, 11) is 0. The molecule has 0 radical (unpaired) electrons. The van der Waals surface area contributed by atoms with Crippen molar-refractivity contribution in [2.75, 3.05) is 0 Å². The van der Waals surface area contributed by atoms with Crippen molar-refractivity contribution in [2.24, 2.45) is 0 Å². The van der Waals surface area contributed by atoms with Gasteiger partial charge in [-0.05, 0) is 66.8 Å². The fourth-order valence-electron chi connectivity index (χ4n) is 2.26. The molecule has 26 heavy (non-hydrogen) atoms. The molecule has 0 saturated carbocycles. The Bertz CT molecular complexity index is 939. The molecule has 1 heterocycles. The van der Waals surface area contributed by atoms with Gasteiger partial charge in [0.1, 0.15) is 11.5 Å². The summed E-state index contributed by atoms with van der Waals surface area (Å²) < 4.78 is 5.77. The van der Waals surface area contributed by atoms with Crippen molar-refractivity contribution in [2.45, 2.75) is 6.54 Å². The minimum absolute atomic E-state index is 0.208. The highest BCUT2D eigenvalue weighted by atomic mass is 35.5. The highest BCUT2D eigenvalue weighted by Crippen LogP contribution is 2.23. The number of thiocarbonyl (C=S) groups is 1. The van der Waals surface area contributed by atoms with Crippen molar-refractivity contribution in [3.63, 3.8) is 0 Å². The molecule has 0 bridgehead atoms. The second-order valence-electron chi connectivity index (χ2n) is 5.42. The average molecular weight is 405 g/mol. The molecular weight excluding hydrogens is 391 g/mol. The van der Waals surface area contributed by atoms with Crippen LogP contribution in [0, 0.1) is 0 Å². The number of halogens is 2. The standard InChI is InChI=1S/C19H14Cl2N2O2S/c20-14-6-4-12(5-7-14)17-9-8-16(25-17)11-22-19(26)23-18(24)13-2-1-3-15(21)10-13/h1-10H,11H2,(H2,22,23,24,26). The first-order valence-electron chi connectivity index (χ1n) is 7.70. The normalized spacial score (nSPS) is 10.4. The lowest BCUT2D eigenvalue weighted by molar-refractivity contribution is 0.0976. The highest BCUT2D eigenvalue weighted by Gasteiger charge is 2.09. The monoisotopic (exact) mass is 404 g/mol. The van der Waals surface area contributed by atoms with Crippen molar-refractivity contribution in [3.8, 4) is 11.3 Å². The number of amides is 1. The molecule has 2 N–H and O–H groups in total. The molecule has 4 nitrogen and oxygen atoms in total. The summed E-state index contributed by atoms with van der Waals surface area (Å²) in [4.78, 5) is 12.1. The van der Waals surface area contributed by atoms with E-state index >= 15 is 0 Å². The van der Waals surface area contributed by atoms with Gasteiger partial charge >= 0.3 is 0 Å². The number of carbonyl (C=O) groups excluding carboxylic acids is 1. The van der Waals surface area contributed by atoms with Crippen LogP contribution in [-0.2, 0) is 6.54 Å². The fraction of sp³-hybridized carbons (Fsp3) is 0.0526. The number of nitrogens with one attached hydrogen (secondary N) is 2. The van der Waals surface area contributed by atoms with Crippen molar-refractivity contribution < 1.29 is 9.21 Å². The molecule has 3 aromatic rings. The molecule has 0 atom stereocenters. The van der Waals surface area contributed by atoms with Crippen LogP contribution in [0.2, 0.25) is 10.0 Å². The van der Waals surface area contributed by atoms with Gasteiger partial charge in [-0.2, -0.15) is 0 Å². The molecule has 0 aliphatic rings. The van der Waals surface area contributed by atoms with E-state index in [1.165, 1.54) is 0 Å². The fourth-order valence-corrected chi connectivity index (χ4v) is 2.74. The summed E-state index contributed by atoms with van der Waals surface area (Å²) in [5.41, 5.74) is 1.36. The molecule has 3 rings (SSSR count). The summed E-state index contributed by atoms with van der Waals surface area (Å²) in [5, 5.41) is 6.91. The minimum Gasteiger partial charge on any atom is -0.459 e. The Hall–Kier alpha value is -2.34. The van der Waals surface area contributed by atoms with Crippen molar-refractivity contribution >= 4 is 46.4 Å². The third kappa shape index (κ3) is 4.85. The van der Waals surface area contributed by atoms with Crippen molar-refractivity contribution in [1.82, 2.24) is 10.6 Å². The zero-order valence-electron chi connectivity index (χ0n) is 13.5. The Morgan fingerprint density at radius 2 is 1.77 bits per heavy atom. The molecule has 7 heteroatoms. The Kier molecular flexibility index (Phi) is 5.93. The predicted molar refractivity (Wildman–Crippen MR) is 108 cm³/mol. The summed E-state index contributed by atoms with van der Waals surface area (Å²) in [6.45, 7) is 0.349. The van der Waals surface area contributed by atoms with Crippen LogP contribution in [0.15, 0.2) is 65.1 Å². The van der Waals surface area contributed by atoms with Crippen LogP contribution in [0.4, 0.5) is 0 Å². The van der Waals surface area contributed by atoms with Crippen molar-refractivity contribution in [3.05, 3.63) is 82.0 Å². The Morgan fingerprint density at radius 3 is 2.50 bits per heavy atom. The number of carbonyl (C=O) groups is 1. The highest BCUT2D eigenvalue weighted by molar-refractivity contribution is 7.80. The van der Waals surface area contributed by atoms with Crippen molar-refractivity contribution in [1.29, 1.82) is 0 Å². The topological polar surface area (TPSA) is 54.3 Å². The van der Waals surface area contributed by atoms with Gasteiger partial charge in [-0.3, -0.25) is 10.1 Å². The van der Waals surface area contributed by atoms with E-state index in [1.807, 2.05) is 24.3 Å². The lowest BCUT2D eigenvalue weighted by Gasteiger charge is -2.08. The first kappa shape index (κ1) is 18.5. The Morgan fingerprint density at radius 1 is 1.00 bits per heavy atom. The van der Waals surface area contributed by atoms with Crippen LogP contribution in [-0.4, -0.2) is 11.0 Å². The molecular formula is C19H14Cl2N2O2S. The van der Waals surface area contributed by atoms with Gasteiger partial charge in [0, 0.05) is 21.2 Å². The van der Waals surface area contributed by atoms with Gasteiger partial charge in [0.15, 0.2) is 5.11 Å². The van der Waals surface area contributed by atoms with Gasteiger partial charge in [-0.15, -0.1) is 0 Å². The van der Waals surface area contributed by atoms with E-state index in [-0.39, 0.29) is 11.0 Å². The van der Waals surface area contributed by atoms with Gasteiger partial charge in [-0.1, -0.05) is 29.3 Å². The van der Waals surface area contributed by atoms with Crippen LogP contribution in [0.5, 0.6) is 0 Å². The molecule has 0 unspecified atom stereocenters. The van der Waals surface area contributed by atoms with Crippen LogP contribution < -0.4 is 10.6 Å². The second kappa shape index (κ2) is 8.36. The van der Waals surface area contributed by atoms with Gasteiger partial charge in [0.05, 0.1) is 6.54 Å². The van der Waals surface area contributed by atoms with E-state index in [4.69, 9.17) is 39.8 Å². The molecule has 0 saturated heterocycles. The lowest BCUT2D eigenvalue weighted by Crippen LogP contribution is -2.38. The summed E-state index contributed by atoms with van der Waals surface area (Å²) >= 11 is 16.9. The SMILES string of the molecule is O=C(NC(=S)NCc1ccc(-c2ccc(Cl)cc2)o1)c1cccc(Cl)c1. The third-order valence-electron chi connectivity index (χ3n) is 3.53. The quantitative estimate of drug-likeness (QED) is 0.596. The number of rotatable bonds is 4. The van der Waals surface area contributed by atoms with Crippen LogP contribution >= 0.6 is 35.4 Å². The smallest absolute Gasteiger partial charge is 0.257 e. The maximum absolute atomic E-state index is 12.1. The van der Waals surface area contributed by atoms with E-state index < -0.39 is 0 Å². The maximum atomic E-state index is 12.1. The molecule has 1 aromatic heterocycles. The Balaban J connectivity index is 1.55. The third-order valence-corrected chi connectivity index (χ3v) is 4.26. The molecule has 0 aliphatic heterocycles. The summed E-state index contributed by atoms with van der Waals surface area (Å²) in [6, 6.07) is 17.7. The van der Waals surface area contributed by atoms with Crippen LogP contribution in [0.3, 0.4) is 0 Å². The zero-order valence-corrected chi connectivity index (χ0v) is 15.8. The molecule has 0 fully saturated rings. The average Bonchev–Trinajstić information content (AvgIpc) is 3.09. The van der Waals surface area contributed by atoms with E-state index in [0.717, 1.165) is 11.3 Å². The van der Waals surface area contributed by atoms with Gasteiger partial charge in [0.25, 0.3) is 5.91 Å². The van der Waals surface area contributed by atoms with Gasteiger partial charge < -0.3 is 9.73 Å². The van der Waals surface area contributed by atoms with Gasteiger partial charge in [-0.25, -0.2) is 0 Å². The summed E-state index contributed by atoms with van der Waals surface area (Å²) in [6.07, 6.45) is 0. The van der Waals surface area contributed by atoms with E-state index in [9.17, 15) is 4.79 Å². The largest absolute Gasteiger partial charge is 0.459 e. The number of benzene rings is 2. The van der Waals surface area contributed by atoms with Gasteiger partial charge in [0.2, 0.25) is 0 Å². The first-order valence-corrected chi connectivity index (χ1v) is 8.87. The molecule has 0 aliphatic carbocycles. The van der Waals surface area contributed by atoms with E-state index in [2.05, 4.69) is 10.6 Å². The molecule has 0 spiro atoms. The first-order chi connectivity index (χ1) is 12.5. The summed E-state index contributed by atoms with van der Waals surface area (Å²) in [5.74, 6) is 1.09. The number of hydrogen-bond acceptors (Lipinski definition) is 3. The molecule has 132 valence electrons. The maximum Gasteiger partial charge on any atom is 0.257 e. The molecule has 1 amide bonds. The number of furan rings is 1. The predicted octanol–water partition coefficient (Wildman–Crippen LogP) is 5.06. The minimum atomic E-state index is -0.328. The van der Waals surface area contributed by atoms with E-state index in [0.29, 0.717) is 27.9 Å². The zero-order chi connectivity index (χ0) is 18.5. The van der Waals surface area contributed by atoms with Crippen LogP contribution in [0.25, 0.3) is 11.3 Å². The second-order valence-corrected chi connectivity index (χ2v) is 6.70. The number of hydrogen-bond donors (Lipinski definition) is 2.